The largest absolute Gasteiger partial charge is 0.478 e. The van der Waals surface area contributed by atoms with Crippen molar-refractivity contribution in [3.05, 3.63) is 125 Å². The Morgan fingerprint density at radius 2 is 1.38 bits per heavy atom. The Kier molecular flexibility index (Phi) is 7.24. The molecule has 2 N–H and O–H groups in total. The highest BCUT2D eigenvalue weighted by molar-refractivity contribution is 5.96. The SMILES string of the molecule is Cc1cc(C)nc(OC(C(=O)O)C(NC(=O)c2ccc(F)c(F)c2)(c2ccccc2)c2ccccc2)n1. The number of carbonyl (C=O) groups excluding carboxylic acids is 1. The van der Waals surface area contributed by atoms with Crippen LogP contribution < -0.4 is 10.1 Å². The van der Waals surface area contributed by atoms with Gasteiger partial charge in [-0.25, -0.2) is 23.5 Å². The summed E-state index contributed by atoms with van der Waals surface area (Å²) in [7, 11) is 0. The number of hydrogen-bond donors (Lipinski definition) is 2. The Balaban J connectivity index is 1.95. The number of carbonyl (C=O) groups is 2. The van der Waals surface area contributed by atoms with Gasteiger partial charge in [0.1, 0.15) is 5.54 Å². The summed E-state index contributed by atoms with van der Waals surface area (Å²) in [5, 5.41) is 13.2. The van der Waals surface area contributed by atoms with E-state index in [9.17, 15) is 23.5 Å². The highest BCUT2D eigenvalue weighted by Crippen LogP contribution is 2.36. The summed E-state index contributed by atoms with van der Waals surface area (Å²) >= 11 is 0. The molecule has 0 saturated heterocycles. The first kappa shape index (κ1) is 25.4. The van der Waals surface area contributed by atoms with Crippen LogP contribution in [0.3, 0.4) is 0 Å². The smallest absolute Gasteiger partial charge is 0.348 e. The van der Waals surface area contributed by atoms with Gasteiger partial charge in [-0.2, -0.15) is 0 Å². The van der Waals surface area contributed by atoms with Crippen LogP contribution in [0.5, 0.6) is 6.01 Å². The summed E-state index contributed by atoms with van der Waals surface area (Å²) in [6.07, 6.45) is -1.77. The van der Waals surface area contributed by atoms with Crippen molar-refractivity contribution in [3.63, 3.8) is 0 Å². The van der Waals surface area contributed by atoms with Gasteiger partial charge in [-0.1, -0.05) is 60.7 Å². The van der Waals surface area contributed by atoms with Gasteiger partial charge in [0.15, 0.2) is 11.6 Å². The number of carboxylic acids is 1. The molecule has 1 amide bonds. The Morgan fingerprint density at radius 1 is 0.838 bits per heavy atom. The molecule has 0 aliphatic heterocycles. The molecule has 1 atom stereocenters. The molecule has 4 aromatic rings. The van der Waals surface area contributed by atoms with Crippen molar-refractivity contribution in [1.82, 2.24) is 15.3 Å². The fraction of sp³-hybridized carbons (Fsp3) is 0.143. The lowest BCUT2D eigenvalue weighted by atomic mass is 9.77. The quantitative estimate of drug-likeness (QED) is 0.365. The number of nitrogens with one attached hydrogen (secondary N) is 1. The lowest BCUT2D eigenvalue weighted by Crippen LogP contribution is -2.60. The molecule has 3 aromatic carbocycles. The summed E-state index contributed by atoms with van der Waals surface area (Å²) < 4.78 is 33.5. The van der Waals surface area contributed by atoms with Crippen LogP contribution in [-0.2, 0) is 10.3 Å². The Hall–Kier alpha value is -4.66. The van der Waals surface area contributed by atoms with Crippen LogP contribution in [0.2, 0.25) is 0 Å². The molecule has 0 spiro atoms. The molecule has 4 rings (SSSR count). The van der Waals surface area contributed by atoms with Gasteiger partial charge in [0.2, 0.25) is 6.10 Å². The summed E-state index contributed by atoms with van der Waals surface area (Å²) in [6.45, 7) is 3.42. The van der Waals surface area contributed by atoms with E-state index in [2.05, 4.69) is 15.3 Å². The first-order valence-electron chi connectivity index (χ1n) is 11.3. The minimum Gasteiger partial charge on any atom is -0.478 e. The molecule has 7 nitrogen and oxygen atoms in total. The van der Waals surface area contributed by atoms with Crippen LogP contribution in [0.25, 0.3) is 0 Å². The Labute approximate surface area is 211 Å². The van der Waals surface area contributed by atoms with Gasteiger partial charge in [-0.3, -0.25) is 4.79 Å². The van der Waals surface area contributed by atoms with Crippen LogP contribution in [0.15, 0.2) is 84.9 Å². The molecule has 1 aromatic heterocycles. The van der Waals surface area contributed by atoms with E-state index in [0.717, 1.165) is 18.2 Å². The lowest BCUT2D eigenvalue weighted by Gasteiger charge is -2.39. The minimum absolute atomic E-state index is 0.191. The number of rotatable bonds is 8. The number of halogens is 2. The number of amides is 1. The molecule has 0 fully saturated rings. The van der Waals surface area contributed by atoms with Crippen molar-refractivity contribution in [2.45, 2.75) is 25.5 Å². The van der Waals surface area contributed by atoms with Crippen LogP contribution >= 0.6 is 0 Å². The van der Waals surface area contributed by atoms with Gasteiger partial charge in [0.05, 0.1) is 0 Å². The third-order valence-corrected chi connectivity index (χ3v) is 5.75. The van der Waals surface area contributed by atoms with E-state index in [1.54, 1.807) is 80.6 Å². The Bertz CT molecular complexity index is 1370. The van der Waals surface area contributed by atoms with Crippen molar-refractivity contribution in [3.8, 4) is 6.01 Å². The average Bonchev–Trinajstić information content (AvgIpc) is 2.88. The fourth-order valence-electron chi connectivity index (χ4n) is 4.15. The first-order chi connectivity index (χ1) is 17.7. The molecular formula is C28H23F2N3O4. The van der Waals surface area contributed by atoms with Gasteiger partial charge in [0, 0.05) is 17.0 Å². The zero-order valence-electron chi connectivity index (χ0n) is 20.0. The second-order valence-corrected chi connectivity index (χ2v) is 8.39. The second-order valence-electron chi connectivity index (χ2n) is 8.39. The molecule has 0 radical (unpaired) electrons. The highest BCUT2D eigenvalue weighted by atomic mass is 19.2. The van der Waals surface area contributed by atoms with Crippen molar-refractivity contribution in [2.24, 2.45) is 0 Å². The van der Waals surface area contributed by atoms with Gasteiger partial charge in [-0.05, 0) is 49.2 Å². The van der Waals surface area contributed by atoms with E-state index < -0.39 is 35.2 Å². The molecule has 0 saturated carbocycles. The molecule has 0 bridgehead atoms. The van der Waals surface area contributed by atoms with Gasteiger partial charge >= 0.3 is 12.0 Å². The van der Waals surface area contributed by atoms with E-state index in [-0.39, 0.29) is 11.6 Å². The predicted octanol–water partition coefficient (Wildman–Crippen LogP) is 4.58. The van der Waals surface area contributed by atoms with E-state index in [4.69, 9.17) is 4.74 Å². The molecule has 1 heterocycles. The summed E-state index contributed by atoms with van der Waals surface area (Å²) in [6, 6.07) is 21.0. The predicted molar refractivity (Wildman–Crippen MR) is 131 cm³/mol. The monoisotopic (exact) mass is 503 g/mol. The molecule has 0 aliphatic carbocycles. The van der Waals surface area contributed by atoms with Crippen molar-refractivity contribution < 1.29 is 28.2 Å². The topological polar surface area (TPSA) is 101 Å². The van der Waals surface area contributed by atoms with Crippen molar-refractivity contribution >= 4 is 11.9 Å². The molecule has 0 aliphatic rings. The van der Waals surface area contributed by atoms with Gasteiger partial charge < -0.3 is 15.2 Å². The maximum Gasteiger partial charge on any atom is 0.348 e. The third kappa shape index (κ3) is 5.30. The number of aromatic nitrogens is 2. The molecule has 1 unspecified atom stereocenters. The number of aliphatic carboxylic acids is 1. The highest BCUT2D eigenvalue weighted by Gasteiger charge is 2.50. The second kappa shape index (κ2) is 10.5. The number of aryl methyl sites for hydroxylation is 2. The summed E-state index contributed by atoms with van der Waals surface area (Å²) in [5.74, 6) is -4.59. The molecular weight excluding hydrogens is 480 g/mol. The zero-order chi connectivity index (χ0) is 26.6. The molecule has 37 heavy (non-hydrogen) atoms. The number of carboxylic acid groups (broad SMARTS) is 1. The minimum atomic E-state index is -1.84. The summed E-state index contributed by atoms with van der Waals surface area (Å²) in [4.78, 5) is 34.8. The van der Waals surface area contributed by atoms with Gasteiger partial charge in [0.25, 0.3) is 5.91 Å². The third-order valence-electron chi connectivity index (χ3n) is 5.75. The standard InChI is InChI=1S/C28H23F2N3O4/c1-17-15-18(2)32-27(31-17)37-24(26(35)36)28(20-9-5-3-6-10-20,21-11-7-4-8-12-21)33-25(34)19-13-14-22(29)23(30)16-19/h3-16,24H,1-2H3,(H,33,34)(H,35,36). The van der Waals surface area contributed by atoms with E-state index in [0.29, 0.717) is 22.5 Å². The number of ether oxygens (including phenoxy) is 1. The fourth-order valence-corrected chi connectivity index (χ4v) is 4.15. The summed E-state index contributed by atoms with van der Waals surface area (Å²) in [5.41, 5.74) is -0.188. The normalized spacial score (nSPS) is 12.0. The van der Waals surface area contributed by atoms with Crippen molar-refractivity contribution in [1.29, 1.82) is 0 Å². The van der Waals surface area contributed by atoms with Crippen LogP contribution in [0.1, 0.15) is 32.9 Å². The average molecular weight is 504 g/mol. The van der Waals surface area contributed by atoms with Crippen molar-refractivity contribution in [2.75, 3.05) is 0 Å². The zero-order valence-corrected chi connectivity index (χ0v) is 20.0. The maximum atomic E-state index is 14.0. The van der Waals surface area contributed by atoms with Crippen LogP contribution in [0.4, 0.5) is 8.78 Å². The number of nitrogens with zero attached hydrogens (tertiary/aromatic N) is 2. The van der Waals surface area contributed by atoms with Gasteiger partial charge in [-0.15, -0.1) is 0 Å². The van der Waals surface area contributed by atoms with E-state index in [1.165, 1.54) is 0 Å². The maximum absolute atomic E-state index is 14.0. The van der Waals surface area contributed by atoms with Crippen LogP contribution in [-0.4, -0.2) is 33.1 Å². The Morgan fingerprint density at radius 3 is 1.86 bits per heavy atom. The molecule has 9 heteroatoms. The van der Waals surface area contributed by atoms with Crippen LogP contribution in [0, 0.1) is 25.5 Å². The van der Waals surface area contributed by atoms with E-state index >= 15 is 0 Å². The molecule has 188 valence electrons. The van der Waals surface area contributed by atoms with E-state index in [1.807, 2.05) is 0 Å². The lowest BCUT2D eigenvalue weighted by molar-refractivity contribution is -0.148. The number of hydrogen-bond acceptors (Lipinski definition) is 5. The number of benzene rings is 3. The first-order valence-corrected chi connectivity index (χ1v) is 11.3.